The van der Waals surface area contributed by atoms with Crippen LogP contribution in [-0.2, 0) is 15.1 Å². The highest BCUT2D eigenvalue weighted by molar-refractivity contribution is 5.51. The summed E-state index contributed by atoms with van der Waals surface area (Å²) in [5.74, 6) is 1.58. The second kappa shape index (κ2) is 4.59. The van der Waals surface area contributed by atoms with Crippen molar-refractivity contribution in [1.29, 1.82) is 0 Å². The van der Waals surface area contributed by atoms with Crippen molar-refractivity contribution in [2.24, 2.45) is 0 Å². The number of hydrogen-bond acceptors (Lipinski definition) is 3. The number of benzene rings is 1. The number of allylic oxidation sites excluding steroid dienone is 2. The highest BCUT2D eigenvalue weighted by Crippen LogP contribution is 2.42. The van der Waals surface area contributed by atoms with Crippen molar-refractivity contribution in [1.82, 2.24) is 0 Å². The van der Waals surface area contributed by atoms with E-state index in [0.717, 1.165) is 22.7 Å². The van der Waals surface area contributed by atoms with Gasteiger partial charge in [-0.05, 0) is 17.7 Å². The lowest BCUT2D eigenvalue weighted by Gasteiger charge is -2.36. The molecule has 0 radical (unpaired) electrons. The molecule has 0 bridgehead atoms. The number of methoxy groups -OCH3 is 1. The quantitative estimate of drug-likeness (QED) is 0.903. The Kier molecular flexibility index (Phi) is 2.91. The molecule has 1 aromatic rings. The molecule has 1 unspecified atom stereocenters. The number of rotatable bonds is 3. The van der Waals surface area contributed by atoms with Crippen LogP contribution < -0.4 is 0 Å². The van der Waals surface area contributed by atoms with Gasteiger partial charge in [-0.25, -0.2) is 0 Å². The van der Waals surface area contributed by atoms with E-state index in [1.54, 1.807) is 7.11 Å². The maximum Gasteiger partial charge on any atom is 0.160 e. The second-order valence-corrected chi connectivity index (χ2v) is 4.71. The molecule has 0 amide bonds. The van der Waals surface area contributed by atoms with E-state index < -0.39 is 5.60 Å². The van der Waals surface area contributed by atoms with Crippen LogP contribution in [0, 0.1) is 0 Å². The van der Waals surface area contributed by atoms with E-state index in [9.17, 15) is 5.11 Å². The van der Waals surface area contributed by atoms with Crippen molar-refractivity contribution in [3.05, 3.63) is 71.2 Å². The van der Waals surface area contributed by atoms with Crippen LogP contribution in [0.25, 0.3) is 0 Å². The Balaban J connectivity index is 1.97. The predicted octanol–water partition coefficient (Wildman–Crippen LogP) is 2.65. The Morgan fingerprint density at radius 3 is 2.74 bits per heavy atom. The fourth-order valence-electron chi connectivity index (χ4n) is 2.55. The molecule has 19 heavy (non-hydrogen) atoms. The van der Waals surface area contributed by atoms with Crippen LogP contribution in [0.4, 0.5) is 0 Å². The van der Waals surface area contributed by atoms with Gasteiger partial charge in [-0.2, -0.15) is 0 Å². The lowest BCUT2D eigenvalue weighted by Crippen LogP contribution is -2.35. The van der Waals surface area contributed by atoms with Gasteiger partial charge < -0.3 is 14.6 Å². The molecule has 0 fully saturated rings. The number of ether oxygens (including phenoxy) is 2. The Morgan fingerprint density at radius 1 is 1.26 bits per heavy atom. The van der Waals surface area contributed by atoms with Gasteiger partial charge in [0.1, 0.15) is 11.5 Å². The van der Waals surface area contributed by atoms with Gasteiger partial charge in [0.15, 0.2) is 5.60 Å². The highest BCUT2D eigenvalue weighted by Gasteiger charge is 2.39. The van der Waals surface area contributed by atoms with E-state index in [-0.39, 0.29) is 6.61 Å². The third-order valence-corrected chi connectivity index (χ3v) is 3.63. The largest absolute Gasteiger partial charge is 0.496 e. The number of fused-ring (bicyclic) bond motifs is 1. The Hall–Kier alpha value is -2.00. The predicted molar refractivity (Wildman–Crippen MR) is 72.2 cm³/mol. The molecule has 0 saturated heterocycles. The molecular formula is C16H16O3. The molecule has 3 nitrogen and oxygen atoms in total. The third-order valence-electron chi connectivity index (χ3n) is 3.63. The molecule has 0 saturated carbocycles. The molecule has 1 atom stereocenters. The lowest BCUT2D eigenvalue weighted by molar-refractivity contribution is -0.0479. The van der Waals surface area contributed by atoms with E-state index in [1.165, 1.54) is 0 Å². The van der Waals surface area contributed by atoms with E-state index in [1.807, 2.05) is 42.5 Å². The van der Waals surface area contributed by atoms with Crippen LogP contribution in [0.3, 0.4) is 0 Å². The summed E-state index contributed by atoms with van der Waals surface area (Å²) in [6, 6.07) is 9.83. The van der Waals surface area contributed by atoms with Gasteiger partial charge in [0.05, 0.1) is 19.3 Å². The molecule has 0 aromatic heterocycles. The average molecular weight is 256 g/mol. The first kappa shape index (κ1) is 12.1. The fourth-order valence-corrected chi connectivity index (χ4v) is 2.55. The second-order valence-electron chi connectivity index (χ2n) is 4.71. The highest BCUT2D eigenvalue weighted by atomic mass is 16.5. The van der Waals surface area contributed by atoms with Crippen molar-refractivity contribution in [3.8, 4) is 0 Å². The smallest absolute Gasteiger partial charge is 0.160 e. The van der Waals surface area contributed by atoms with Crippen molar-refractivity contribution in [3.63, 3.8) is 0 Å². The summed E-state index contributed by atoms with van der Waals surface area (Å²) in [6.45, 7) is -0.0551. The van der Waals surface area contributed by atoms with Gasteiger partial charge in [0.25, 0.3) is 0 Å². The first-order valence-electron chi connectivity index (χ1n) is 6.31. The SMILES string of the molecule is COC1=CC=C2OC(CO)(c3ccccc3)CC=C12. The maximum absolute atomic E-state index is 9.81. The third kappa shape index (κ3) is 1.87. The summed E-state index contributed by atoms with van der Waals surface area (Å²) in [4.78, 5) is 0. The minimum Gasteiger partial charge on any atom is -0.496 e. The Bertz CT molecular complexity index is 569. The monoisotopic (exact) mass is 256 g/mol. The summed E-state index contributed by atoms with van der Waals surface area (Å²) >= 11 is 0. The van der Waals surface area contributed by atoms with Crippen molar-refractivity contribution >= 4 is 0 Å². The first-order valence-corrected chi connectivity index (χ1v) is 6.31. The van der Waals surface area contributed by atoms with Crippen LogP contribution in [0.15, 0.2) is 65.7 Å². The maximum atomic E-state index is 9.81. The van der Waals surface area contributed by atoms with Crippen molar-refractivity contribution < 1.29 is 14.6 Å². The van der Waals surface area contributed by atoms with E-state index in [4.69, 9.17) is 9.47 Å². The standard InChI is InChI=1S/C16H16O3/c1-18-14-7-8-15-13(14)9-10-16(11-17,19-15)12-5-3-2-4-6-12/h2-9,17H,10-11H2,1H3. The molecule has 2 aliphatic rings. The summed E-state index contributed by atoms with van der Waals surface area (Å²) in [5.41, 5.74) is 1.27. The van der Waals surface area contributed by atoms with Gasteiger partial charge in [-0.3, -0.25) is 0 Å². The zero-order valence-corrected chi connectivity index (χ0v) is 10.8. The molecule has 98 valence electrons. The molecular weight excluding hydrogens is 240 g/mol. The van der Waals surface area contributed by atoms with Crippen LogP contribution >= 0.6 is 0 Å². The topological polar surface area (TPSA) is 38.7 Å². The number of aliphatic hydroxyl groups is 1. The number of aliphatic hydroxyl groups excluding tert-OH is 1. The minimum atomic E-state index is -0.687. The van der Waals surface area contributed by atoms with Gasteiger partial charge in [-0.15, -0.1) is 0 Å². The van der Waals surface area contributed by atoms with E-state index in [0.29, 0.717) is 6.42 Å². The molecule has 0 spiro atoms. The van der Waals surface area contributed by atoms with Gasteiger partial charge in [0.2, 0.25) is 0 Å². The molecule has 3 rings (SSSR count). The molecule has 3 heteroatoms. The van der Waals surface area contributed by atoms with Gasteiger partial charge in [-0.1, -0.05) is 36.4 Å². The first-order chi connectivity index (χ1) is 9.29. The zero-order valence-electron chi connectivity index (χ0n) is 10.8. The number of hydrogen-bond donors (Lipinski definition) is 1. The van der Waals surface area contributed by atoms with Gasteiger partial charge >= 0.3 is 0 Å². The average Bonchev–Trinajstić information content (AvgIpc) is 2.89. The van der Waals surface area contributed by atoms with E-state index in [2.05, 4.69) is 6.08 Å². The summed E-state index contributed by atoms with van der Waals surface area (Å²) < 4.78 is 11.4. The molecule has 1 N–H and O–H groups in total. The van der Waals surface area contributed by atoms with E-state index >= 15 is 0 Å². The van der Waals surface area contributed by atoms with Crippen LogP contribution in [0.1, 0.15) is 12.0 Å². The summed E-state index contributed by atoms with van der Waals surface area (Å²) in [6.07, 6.45) is 6.47. The fraction of sp³-hybridized carbons (Fsp3) is 0.250. The zero-order chi connectivity index (χ0) is 13.3. The Labute approximate surface area is 112 Å². The lowest BCUT2D eigenvalue weighted by atomic mass is 9.87. The normalized spacial score (nSPS) is 24.8. The minimum absolute atomic E-state index is 0.0551. The summed E-state index contributed by atoms with van der Waals surface area (Å²) in [5, 5.41) is 9.81. The van der Waals surface area contributed by atoms with Crippen LogP contribution in [0.2, 0.25) is 0 Å². The Morgan fingerprint density at radius 2 is 2.05 bits per heavy atom. The summed E-state index contributed by atoms with van der Waals surface area (Å²) in [7, 11) is 1.65. The van der Waals surface area contributed by atoms with Crippen molar-refractivity contribution in [2.45, 2.75) is 12.0 Å². The molecule has 1 aliphatic carbocycles. The molecule has 1 aliphatic heterocycles. The van der Waals surface area contributed by atoms with Crippen molar-refractivity contribution in [2.75, 3.05) is 13.7 Å². The molecule has 1 heterocycles. The van der Waals surface area contributed by atoms with Crippen LogP contribution in [0.5, 0.6) is 0 Å². The molecule has 1 aromatic carbocycles. The van der Waals surface area contributed by atoms with Gasteiger partial charge in [0, 0.05) is 6.42 Å². The van der Waals surface area contributed by atoms with Crippen LogP contribution in [-0.4, -0.2) is 18.8 Å².